The third kappa shape index (κ3) is 4.15. The number of carbonyl (C=O) groups is 2. The van der Waals surface area contributed by atoms with Crippen LogP contribution in [0.3, 0.4) is 0 Å². The predicted octanol–water partition coefficient (Wildman–Crippen LogP) is 4.77. The summed E-state index contributed by atoms with van der Waals surface area (Å²) in [7, 11) is 0. The van der Waals surface area contributed by atoms with Crippen LogP contribution in [0.1, 0.15) is 22.6 Å². The number of amides is 1. The number of fused-ring (bicyclic) bond motifs is 4. The van der Waals surface area contributed by atoms with Gasteiger partial charge >= 0.3 is 12.1 Å². The van der Waals surface area contributed by atoms with Gasteiger partial charge in [0, 0.05) is 23.9 Å². The fourth-order valence-electron chi connectivity index (χ4n) is 4.47. The van der Waals surface area contributed by atoms with Gasteiger partial charge < -0.3 is 15.2 Å². The molecule has 33 heavy (non-hydrogen) atoms. The molecule has 2 N–H and O–H groups in total. The lowest BCUT2D eigenvalue weighted by Gasteiger charge is -2.17. The standard InChI is InChI=1S/C27H22N2O4/c30-26(31)25(15-17-11-12-24-18(14-17)6-5-13-28-24)29-27(32)33-16-23-21-9-3-1-7-19(21)20-8-2-4-10-22(20)23/h1-14,23,25H,15-16H2,(H,29,32)(H,30,31). The number of hydrogen-bond acceptors (Lipinski definition) is 4. The van der Waals surface area contributed by atoms with Crippen LogP contribution in [0.5, 0.6) is 0 Å². The van der Waals surface area contributed by atoms with E-state index in [1.807, 2.05) is 66.7 Å². The molecule has 6 heteroatoms. The first-order valence-electron chi connectivity index (χ1n) is 10.8. The van der Waals surface area contributed by atoms with E-state index in [0.717, 1.165) is 38.7 Å². The van der Waals surface area contributed by atoms with Crippen molar-refractivity contribution in [1.29, 1.82) is 0 Å². The Bertz CT molecular complexity index is 1310. The molecule has 0 bridgehead atoms. The minimum Gasteiger partial charge on any atom is -0.480 e. The average molecular weight is 438 g/mol. The van der Waals surface area contributed by atoms with Gasteiger partial charge in [-0.1, -0.05) is 60.7 Å². The van der Waals surface area contributed by atoms with E-state index in [9.17, 15) is 14.7 Å². The van der Waals surface area contributed by atoms with Crippen molar-refractivity contribution in [3.05, 3.63) is 102 Å². The minimum absolute atomic E-state index is 0.0839. The predicted molar refractivity (Wildman–Crippen MR) is 125 cm³/mol. The van der Waals surface area contributed by atoms with Crippen LogP contribution in [0.2, 0.25) is 0 Å². The highest BCUT2D eigenvalue weighted by Crippen LogP contribution is 2.44. The van der Waals surface area contributed by atoms with Crippen LogP contribution in [0.4, 0.5) is 4.79 Å². The van der Waals surface area contributed by atoms with Gasteiger partial charge in [-0.05, 0) is 46.0 Å². The van der Waals surface area contributed by atoms with Gasteiger partial charge in [0.15, 0.2) is 0 Å². The molecule has 1 heterocycles. The highest BCUT2D eigenvalue weighted by atomic mass is 16.5. The van der Waals surface area contributed by atoms with Crippen molar-refractivity contribution < 1.29 is 19.4 Å². The van der Waals surface area contributed by atoms with Gasteiger partial charge in [0.1, 0.15) is 12.6 Å². The molecule has 5 rings (SSSR count). The van der Waals surface area contributed by atoms with Gasteiger partial charge in [-0.2, -0.15) is 0 Å². The zero-order valence-corrected chi connectivity index (χ0v) is 17.8. The van der Waals surface area contributed by atoms with Crippen LogP contribution in [0, 0.1) is 0 Å². The summed E-state index contributed by atoms with van der Waals surface area (Å²) in [5.74, 6) is -1.20. The van der Waals surface area contributed by atoms with Gasteiger partial charge in [-0.25, -0.2) is 9.59 Å². The number of carboxylic acid groups (broad SMARTS) is 1. The summed E-state index contributed by atoms with van der Waals surface area (Å²) in [6, 6.07) is 24.3. The number of aliphatic carboxylic acids is 1. The molecule has 1 aromatic heterocycles. The lowest BCUT2D eigenvalue weighted by Crippen LogP contribution is -2.42. The molecule has 3 aromatic carbocycles. The maximum atomic E-state index is 12.5. The highest BCUT2D eigenvalue weighted by Gasteiger charge is 2.29. The Morgan fingerprint density at radius 2 is 1.64 bits per heavy atom. The number of aromatic nitrogens is 1. The normalized spacial score (nSPS) is 13.2. The fourth-order valence-corrected chi connectivity index (χ4v) is 4.47. The molecular weight excluding hydrogens is 416 g/mol. The Labute approximate surface area is 190 Å². The number of carbonyl (C=O) groups excluding carboxylic acids is 1. The second kappa shape index (κ2) is 8.74. The highest BCUT2D eigenvalue weighted by molar-refractivity contribution is 5.82. The van der Waals surface area contributed by atoms with Crippen LogP contribution in [-0.2, 0) is 16.0 Å². The van der Waals surface area contributed by atoms with Crippen LogP contribution >= 0.6 is 0 Å². The molecule has 164 valence electrons. The molecule has 1 aliphatic rings. The van der Waals surface area contributed by atoms with Crippen LogP contribution in [0.25, 0.3) is 22.0 Å². The van der Waals surface area contributed by atoms with Crippen molar-refractivity contribution in [2.45, 2.75) is 18.4 Å². The van der Waals surface area contributed by atoms with Gasteiger partial charge in [-0.15, -0.1) is 0 Å². The van der Waals surface area contributed by atoms with Gasteiger partial charge in [0.25, 0.3) is 0 Å². The second-order valence-electron chi connectivity index (χ2n) is 8.10. The molecule has 0 spiro atoms. The smallest absolute Gasteiger partial charge is 0.407 e. The quantitative estimate of drug-likeness (QED) is 0.453. The lowest BCUT2D eigenvalue weighted by atomic mass is 9.98. The molecule has 1 unspecified atom stereocenters. The molecule has 0 aliphatic heterocycles. The molecule has 1 atom stereocenters. The molecule has 0 fully saturated rings. The maximum Gasteiger partial charge on any atom is 0.407 e. The third-order valence-electron chi connectivity index (χ3n) is 6.04. The Hall–Kier alpha value is -4.19. The van der Waals surface area contributed by atoms with Gasteiger partial charge in [-0.3, -0.25) is 4.98 Å². The molecule has 1 amide bonds. The topological polar surface area (TPSA) is 88.5 Å². The Kier molecular flexibility index (Phi) is 5.48. The number of carboxylic acids is 1. The van der Waals surface area contributed by atoms with E-state index >= 15 is 0 Å². The van der Waals surface area contributed by atoms with Crippen molar-refractivity contribution in [2.75, 3.05) is 6.61 Å². The monoisotopic (exact) mass is 438 g/mol. The van der Waals surface area contributed by atoms with Crippen LogP contribution < -0.4 is 5.32 Å². The van der Waals surface area contributed by atoms with E-state index in [0.29, 0.717) is 0 Å². The molecule has 4 aromatic rings. The number of alkyl carbamates (subject to hydrolysis) is 1. The Balaban J connectivity index is 1.27. The van der Waals surface area contributed by atoms with Crippen molar-refractivity contribution in [3.8, 4) is 11.1 Å². The van der Waals surface area contributed by atoms with E-state index < -0.39 is 18.1 Å². The summed E-state index contributed by atoms with van der Waals surface area (Å²) in [6.07, 6.45) is 1.11. The lowest BCUT2D eigenvalue weighted by molar-refractivity contribution is -0.139. The summed E-state index contributed by atoms with van der Waals surface area (Å²) < 4.78 is 5.50. The van der Waals surface area contributed by atoms with E-state index in [2.05, 4.69) is 22.4 Å². The fraction of sp³-hybridized carbons (Fsp3) is 0.148. The molecule has 1 aliphatic carbocycles. The summed E-state index contributed by atoms with van der Waals surface area (Å²) >= 11 is 0. The SMILES string of the molecule is O=C(NC(Cc1ccc2ncccc2c1)C(=O)O)OCC1c2ccccc2-c2ccccc21. The van der Waals surface area contributed by atoms with Crippen molar-refractivity contribution in [1.82, 2.24) is 10.3 Å². The van der Waals surface area contributed by atoms with Crippen molar-refractivity contribution >= 4 is 23.0 Å². The summed E-state index contributed by atoms with van der Waals surface area (Å²) in [5.41, 5.74) is 6.10. The first-order valence-corrected chi connectivity index (χ1v) is 10.8. The summed E-state index contributed by atoms with van der Waals surface area (Å²) in [6.45, 7) is 0.133. The number of rotatable bonds is 6. The molecule has 0 saturated heterocycles. The summed E-state index contributed by atoms with van der Waals surface area (Å²) in [5, 5.41) is 13.1. The zero-order valence-electron chi connectivity index (χ0n) is 17.8. The minimum atomic E-state index is -1.12. The largest absolute Gasteiger partial charge is 0.480 e. The van der Waals surface area contributed by atoms with E-state index in [1.54, 1.807) is 6.20 Å². The average Bonchev–Trinajstić information content (AvgIpc) is 3.16. The van der Waals surface area contributed by atoms with Crippen molar-refractivity contribution in [2.24, 2.45) is 0 Å². The number of ether oxygens (including phenoxy) is 1. The van der Waals surface area contributed by atoms with Crippen LogP contribution in [-0.4, -0.2) is 34.8 Å². The van der Waals surface area contributed by atoms with Gasteiger partial charge in [0.05, 0.1) is 5.52 Å². The maximum absolute atomic E-state index is 12.5. The number of pyridine rings is 1. The molecule has 6 nitrogen and oxygen atoms in total. The number of nitrogens with zero attached hydrogens (tertiary/aromatic N) is 1. The molecular formula is C27H22N2O4. The first-order chi connectivity index (χ1) is 16.1. The number of benzene rings is 3. The number of nitrogens with one attached hydrogen (secondary N) is 1. The summed E-state index contributed by atoms with van der Waals surface area (Å²) in [4.78, 5) is 28.6. The van der Waals surface area contributed by atoms with E-state index in [1.165, 1.54) is 0 Å². The zero-order chi connectivity index (χ0) is 22.8. The van der Waals surface area contributed by atoms with Crippen LogP contribution in [0.15, 0.2) is 85.1 Å². The van der Waals surface area contributed by atoms with E-state index in [4.69, 9.17) is 4.74 Å². The third-order valence-corrected chi connectivity index (χ3v) is 6.04. The Morgan fingerprint density at radius 1 is 0.939 bits per heavy atom. The molecule has 0 radical (unpaired) electrons. The number of hydrogen-bond donors (Lipinski definition) is 2. The van der Waals surface area contributed by atoms with E-state index in [-0.39, 0.29) is 18.9 Å². The first kappa shape index (κ1) is 20.7. The van der Waals surface area contributed by atoms with Gasteiger partial charge in [0.2, 0.25) is 0 Å². The van der Waals surface area contributed by atoms with Crippen molar-refractivity contribution in [3.63, 3.8) is 0 Å². The second-order valence-corrected chi connectivity index (χ2v) is 8.10. The molecule has 0 saturated carbocycles. The Morgan fingerprint density at radius 3 is 2.33 bits per heavy atom.